The summed E-state index contributed by atoms with van der Waals surface area (Å²) in [5.41, 5.74) is 0.399. The summed E-state index contributed by atoms with van der Waals surface area (Å²) in [4.78, 5) is 1.92. The Morgan fingerprint density at radius 2 is 2.13 bits per heavy atom. The van der Waals surface area contributed by atoms with Crippen LogP contribution >= 0.6 is 35.2 Å². The number of hydrogen-bond acceptors (Lipinski definition) is 5. The fourth-order valence-electron chi connectivity index (χ4n) is 2.00. The van der Waals surface area contributed by atoms with Gasteiger partial charge in [-0.2, -0.15) is 0 Å². The van der Waals surface area contributed by atoms with Crippen LogP contribution in [0.1, 0.15) is 26.3 Å². The molecule has 0 aliphatic carbocycles. The number of benzene rings is 1. The third-order valence-electron chi connectivity index (χ3n) is 2.95. The van der Waals surface area contributed by atoms with Gasteiger partial charge in [-0.25, -0.2) is 9.07 Å². The Labute approximate surface area is 149 Å². The van der Waals surface area contributed by atoms with Crippen molar-refractivity contribution in [1.82, 2.24) is 14.7 Å². The van der Waals surface area contributed by atoms with Crippen LogP contribution in [0.15, 0.2) is 18.2 Å². The summed E-state index contributed by atoms with van der Waals surface area (Å²) in [6.07, 6.45) is 0. The minimum Gasteiger partial charge on any atom is -0.356 e. The predicted octanol–water partition coefficient (Wildman–Crippen LogP) is 4.77. The molecule has 0 aliphatic heterocycles. The topological polar surface area (TPSA) is 33.1 Å². The standard InChI is InChI=1S/C15H20ClFN4S2/c1-15(2,3)18-13-19-21(14(22)23-13)9-20(4)8-10-11(16)6-5-7-12(10)17/h5-7H,8-9H2,1-4H3,(H,18,19). The normalized spacial score (nSPS) is 12.0. The van der Waals surface area contributed by atoms with Gasteiger partial charge in [0.2, 0.25) is 5.13 Å². The molecule has 1 aromatic carbocycles. The molecule has 126 valence electrons. The van der Waals surface area contributed by atoms with E-state index in [-0.39, 0.29) is 11.4 Å². The van der Waals surface area contributed by atoms with E-state index in [0.29, 0.717) is 27.8 Å². The molecule has 23 heavy (non-hydrogen) atoms. The second-order valence-electron chi connectivity index (χ2n) is 6.40. The average Bonchev–Trinajstić information content (AvgIpc) is 2.72. The molecule has 1 heterocycles. The maximum Gasteiger partial charge on any atom is 0.205 e. The summed E-state index contributed by atoms with van der Waals surface area (Å²) >= 11 is 12.8. The lowest BCUT2D eigenvalue weighted by Crippen LogP contribution is -2.27. The van der Waals surface area contributed by atoms with E-state index in [0.717, 1.165) is 5.13 Å². The first-order chi connectivity index (χ1) is 10.7. The van der Waals surface area contributed by atoms with Crippen LogP contribution in [0, 0.1) is 9.77 Å². The zero-order valence-electron chi connectivity index (χ0n) is 13.6. The monoisotopic (exact) mass is 374 g/mol. The van der Waals surface area contributed by atoms with Gasteiger partial charge in [-0.1, -0.05) is 29.0 Å². The fraction of sp³-hybridized carbons (Fsp3) is 0.467. The highest BCUT2D eigenvalue weighted by Gasteiger charge is 2.15. The van der Waals surface area contributed by atoms with E-state index in [4.69, 9.17) is 23.8 Å². The van der Waals surface area contributed by atoms with E-state index >= 15 is 0 Å². The zero-order chi connectivity index (χ0) is 17.2. The molecule has 0 unspecified atom stereocenters. The SMILES string of the molecule is CN(Cc1c(F)cccc1Cl)Cn1nc(NC(C)(C)C)sc1=S. The maximum atomic E-state index is 13.9. The number of aromatic nitrogens is 2. The first-order valence-electron chi connectivity index (χ1n) is 7.13. The van der Waals surface area contributed by atoms with Crippen molar-refractivity contribution in [2.45, 2.75) is 39.5 Å². The van der Waals surface area contributed by atoms with Gasteiger partial charge in [-0.15, -0.1) is 5.10 Å². The highest BCUT2D eigenvalue weighted by atomic mass is 35.5. The summed E-state index contributed by atoms with van der Waals surface area (Å²) in [5, 5.41) is 8.98. The van der Waals surface area contributed by atoms with Crippen LogP contribution in [-0.2, 0) is 13.2 Å². The zero-order valence-corrected chi connectivity index (χ0v) is 15.9. The lowest BCUT2D eigenvalue weighted by Gasteiger charge is -2.19. The lowest BCUT2D eigenvalue weighted by molar-refractivity contribution is 0.242. The van der Waals surface area contributed by atoms with Crippen molar-refractivity contribution < 1.29 is 4.39 Å². The summed E-state index contributed by atoms with van der Waals surface area (Å²) in [6.45, 7) is 7.04. The fourth-order valence-corrected chi connectivity index (χ4v) is 3.42. The van der Waals surface area contributed by atoms with Crippen molar-refractivity contribution in [2.24, 2.45) is 0 Å². The van der Waals surface area contributed by atoms with Gasteiger partial charge in [-0.05, 0) is 52.2 Å². The largest absolute Gasteiger partial charge is 0.356 e. The van der Waals surface area contributed by atoms with Crippen LogP contribution in [0.4, 0.5) is 9.52 Å². The molecule has 2 aromatic rings. The van der Waals surface area contributed by atoms with Gasteiger partial charge in [0.05, 0.1) is 6.67 Å². The van der Waals surface area contributed by atoms with Crippen molar-refractivity contribution in [1.29, 1.82) is 0 Å². The first-order valence-corrected chi connectivity index (χ1v) is 8.73. The molecule has 0 saturated heterocycles. The molecule has 0 aliphatic rings. The molecule has 1 N–H and O–H groups in total. The number of rotatable bonds is 5. The molecular weight excluding hydrogens is 355 g/mol. The Kier molecular flexibility index (Phi) is 5.78. The van der Waals surface area contributed by atoms with Gasteiger partial charge >= 0.3 is 0 Å². The van der Waals surface area contributed by atoms with Crippen molar-refractivity contribution in [3.63, 3.8) is 0 Å². The molecule has 0 spiro atoms. The van der Waals surface area contributed by atoms with Gasteiger partial charge in [0, 0.05) is 22.7 Å². The Morgan fingerprint density at radius 1 is 1.43 bits per heavy atom. The predicted molar refractivity (Wildman–Crippen MR) is 97.2 cm³/mol. The highest BCUT2D eigenvalue weighted by Crippen LogP contribution is 2.22. The second-order valence-corrected chi connectivity index (χ2v) is 8.43. The molecule has 4 nitrogen and oxygen atoms in total. The number of nitrogens with zero attached hydrogens (tertiary/aromatic N) is 3. The Balaban J connectivity index is 2.09. The van der Waals surface area contributed by atoms with Crippen LogP contribution in [-0.4, -0.2) is 27.3 Å². The summed E-state index contributed by atoms with van der Waals surface area (Å²) in [6, 6.07) is 4.70. The van der Waals surface area contributed by atoms with Crippen LogP contribution in [0.5, 0.6) is 0 Å². The minimum atomic E-state index is -0.304. The molecule has 0 fully saturated rings. The Hall–Kier alpha value is -1.02. The molecule has 0 atom stereocenters. The average molecular weight is 375 g/mol. The van der Waals surface area contributed by atoms with E-state index in [2.05, 4.69) is 31.2 Å². The van der Waals surface area contributed by atoms with Gasteiger partial charge in [0.25, 0.3) is 0 Å². The molecule has 0 radical (unpaired) electrons. The first kappa shape index (κ1) is 18.3. The van der Waals surface area contributed by atoms with Gasteiger partial charge in [0.15, 0.2) is 3.95 Å². The highest BCUT2D eigenvalue weighted by molar-refractivity contribution is 7.73. The van der Waals surface area contributed by atoms with E-state index in [1.54, 1.807) is 16.8 Å². The number of anilines is 1. The molecule has 0 bridgehead atoms. The van der Waals surface area contributed by atoms with Crippen LogP contribution in [0.25, 0.3) is 0 Å². The summed E-state index contributed by atoms with van der Waals surface area (Å²) in [5.74, 6) is -0.304. The summed E-state index contributed by atoms with van der Waals surface area (Å²) < 4.78 is 16.3. The van der Waals surface area contributed by atoms with Gasteiger partial charge < -0.3 is 5.32 Å². The number of halogens is 2. The van der Waals surface area contributed by atoms with Gasteiger partial charge in [-0.3, -0.25) is 4.90 Å². The third kappa shape index (κ3) is 5.24. The molecule has 2 rings (SSSR count). The number of hydrogen-bond donors (Lipinski definition) is 1. The minimum absolute atomic E-state index is 0.0793. The third-order valence-corrected chi connectivity index (χ3v) is 4.53. The molecule has 8 heteroatoms. The van der Waals surface area contributed by atoms with Crippen molar-refractivity contribution in [2.75, 3.05) is 12.4 Å². The molecule has 1 aromatic heterocycles. The van der Waals surface area contributed by atoms with Crippen molar-refractivity contribution in [3.05, 3.63) is 38.6 Å². The quantitative estimate of drug-likeness (QED) is 0.764. The Bertz CT molecular complexity index is 716. The maximum absolute atomic E-state index is 13.9. The van der Waals surface area contributed by atoms with Crippen LogP contribution < -0.4 is 5.32 Å². The van der Waals surface area contributed by atoms with Gasteiger partial charge in [0.1, 0.15) is 5.82 Å². The van der Waals surface area contributed by atoms with E-state index in [1.807, 2.05) is 11.9 Å². The molecular formula is C15H20ClFN4S2. The smallest absolute Gasteiger partial charge is 0.205 e. The van der Waals surface area contributed by atoms with Crippen molar-refractivity contribution >= 4 is 40.3 Å². The Morgan fingerprint density at radius 3 is 2.74 bits per heavy atom. The van der Waals surface area contributed by atoms with E-state index < -0.39 is 0 Å². The van der Waals surface area contributed by atoms with Crippen molar-refractivity contribution in [3.8, 4) is 0 Å². The summed E-state index contributed by atoms with van der Waals surface area (Å²) in [7, 11) is 1.88. The molecule has 0 saturated carbocycles. The lowest BCUT2D eigenvalue weighted by atomic mass is 10.1. The van der Waals surface area contributed by atoms with Crippen LogP contribution in [0.3, 0.4) is 0 Å². The van der Waals surface area contributed by atoms with E-state index in [1.165, 1.54) is 17.4 Å². The second kappa shape index (κ2) is 7.25. The van der Waals surface area contributed by atoms with E-state index in [9.17, 15) is 4.39 Å². The number of nitrogens with one attached hydrogen (secondary N) is 1. The van der Waals surface area contributed by atoms with Crippen LogP contribution in [0.2, 0.25) is 5.02 Å². The molecule has 0 amide bonds.